The van der Waals surface area contributed by atoms with Crippen molar-refractivity contribution in [3.8, 4) is 11.5 Å². The molecule has 1 saturated heterocycles. The van der Waals surface area contributed by atoms with Crippen LogP contribution in [0.3, 0.4) is 0 Å². The third-order valence-electron chi connectivity index (χ3n) is 4.98. The van der Waals surface area contributed by atoms with Crippen LogP contribution >= 0.6 is 0 Å². The van der Waals surface area contributed by atoms with Gasteiger partial charge in [0.05, 0.1) is 19.7 Å². The predicted octanol–water partition coefficient (Wildman–Crippen LogP) is 3.18. The summed E-state index contributed by atoms with van der Waals surface area (Å²) in [5.74, 6) is 1.29. The van der Waals surface area contributed by atoms with Crippen molar-refractivity contribution in [3.05, 3.63) is 23.9 Å². The van der Waals surface area contributed by atoms with Crippen LogP contribution in [0.25, 0.3) is 10.9 Å². The Morgan fingerprint density at radius 3 is 2.54 bits per heavy atom. The number of rotatable bonds is 6. The van der Waals surface area contributed by atoms with E-state index in [2.05, 4.69) is 22.1 Å². The van der Waals surface area contributed by atoms with Crippen LogP contribution in [0.4, 0.5) is 0 Å². The number of hydrogen-bond donors (Lipinski definition) is 2. The number of likely N-dealkylation sites (tertiary alicyclic amines) is 1. The monoisotopic (exact) mass is 359 g/mol. The van der Waals surface area contributed by atoms with Crippen molar-refractivity contribution in [2.24, 2.45) is 0 Å². The van der Waals surface area contributed by atoms with Crippen LogP contribution in [0.1, 0.15) is 43.1 Å². The minimum absolute atomic E-state index is 0.0930. The molecule has 1 aromatic heterocycles. The summed E-state index contributed by atoms with van der Waals surface area (Å²) in [6, 6.07) is 5.62. The molecule has 1 fully saturated rings. The summed E-state index contributed by atoms with van der Waals surface area (Å²) in [5.41, 5.74) is 1.36. The number of hydrogen-bond acceptors (Lipinski definition) is 4. The number of nitrogens with one attached hydrogen (secondary N) is 2. The highest BCUT2D eigenvalue weighted by molar-refractivity contribution is 6.00. The van der Waals surface area contributed by atoms with Gasteiger partial charge in [-0.1, -0.05) is 12.8 Å². The van der Waals surface area contributed by atoms with E-state index in [1.165, 1.54) is 25.7 Å². The molecule has 1 atom stereocenters. The summed E-state index contributed by atoms with van der Waals surface area (Å²) < 4.78 is 10.7. The normalized spacial score (nSPS) is 16.9. The van der Waals surface area contributed by atoms with Crippen LogP contribution in [0.15, 0.2) is 18.2 Å². The fraction of sp³-hybridized carbons (Fsp3) is 0.550. The zero-order valence-electron chi connectivity index (χ0n) is 15.9. The summed E-state index contributed by atoms with van der Waals surface area (Å²) in [7, 11) is 3.23. The number of carbonyl (C=O) groups excluding carboxylic acids is 1. The Bertz CT molecular complexity index is 748. The van der Waals surface area contributed by atoms with Crippen molar-refractivity contribution in [2.75, 3.05) is 33.9 Å². The molecule has 1 aliphatic rings. The van der Waals surface area contributed by atoms with Gasteiger partial charge in [0.15, 0.2) is 0 Å². The molecular weight excluding hydrogens is 330 g/mol. The van der Waals surface area contributed by atoms with E-state index in [1.54, 1.807) is 14.2 Å². The van der Waals surface area contributed by atoms with Gasteiger partial charge >= 0.3 is 0 Å². The van der Waals surface area contributed by atoms with Crippen molar-refractivity contribution in [1.82, 2.24) is 15.2 Å². The number of carbonyl (C=O) groups is 1. The van der Waals surface area contributed by atoms with Gasteiger partial charge in [-0.25, -0.2) is 0 Å². The van der Waals surface area contributed by atoms with Crippen LogP contribution < -0.4 is 14.8 Å². The smallest absolute Gasteiger partial charge is 0.267 e. The lowest BCUT2D eigenvalue weighted by Crippen LogP contribution is -2.42. The Morgan fingerprint density at radius 2 is 1.88 bits per heavy atom. The second-order valence-corrected chi connectivity index (χ2v) is 7.06. The van der Waals surface area contributed by atoms with E-state index in [1.807, 2.05) is 18.2 Å². The molecule has 26 heavy (non-hydrogen) atoms. The van der Waals surface area contributed by atoms with Crippen molar-refractivity contribution in [3.63, 3.8) is 0 Å². The quantitative estimate of drug-likeness (QED) is 0.831. The molecule has 1 amide bonds. The molecule has 0 radical (unpaired) electrons. The zero-order chi connectivity index (χ0) is 18.5. The van der Waals surface area contributed by atoms with E-state index in [0.717, 1.165) is 30.5 Å². The van der Waals surface area contributed by atoms with Gasteiger partial charge in [0.1, 0.15) is 17.2 Å². The van der Waals surface area contributed by atoms with Gasteiger partial charge in [-0.3, -0.25) is 4.79 Å². The Morgan fingerprint density at radius 1 is 1.15 bits per heavy atom. The van der Waals surface area contributed by atoms with E-state index in [-0.39, 0.29) is 11.9 Å². The van der Waals surface area contributed by atoms with Gasteiger partial charge < -0.3 is 24.7 Å². The fourth-order valence-electron chi connectivity index (χ4n) is 3.64. The Kier molecular flexibility index (Phi) is 6.04. The van der Waals surface area contributed by atoms with Gasteiger partial charge in [-0.05, 0) is 38.9 Å². The second-order valence-electron chi connectivity index (χ2n) is 7.06. The van der Waals surface area contributed by atoms with Gasteiger partial charge in [0, 0.05) is 30.1 Å². The second kappa shape index (κ2) is 8.45. The van der Waals surface area contributed by atoms with Crippen molar-refractivity contribution >= 4 is 16.8 Å². The molecule has 6 nitrogen and oxygen atoms in total. The maximum absolute atomic E-state index is 12.7. The highest BCUT2D eigenvalue weighted by atomic mass is 16.5. The van der Waals surface area contributed by atoms with E-state index in [4.69, 9.17) is 9.47 Å². The minimum Gasteiger partial charge on any atom is -0.497 e. The first kappa shape index (κ1) is 18.6. The Balaban J connectivity index is 1.69. The highest BCUT2D eigenvalue weighted by Crippen LogP contribution is 2.31. The molecule has 2 N–H and O–H groups in total. The molecule has 1 aromatic carbocycles. The number of ether oxygens (including phenoxy) is 2. The predicted molar refractivity (Wildman–Crippen MR) is 103 cm³/mol. The summed E-state index contributed by atoms with van der Waals surface area (Å²) in [6.07, 6.45) is 5.14. The molecule has 6 heteroatoms. The molecule has 0 bridgehead atoms. The highest BCUT2D eigenvalue weighted by Gasteiger charge is 2.17. The van der Waals surface area contributed by atoms with E-state index in [0.29, 0.717) is 17.2 Å². The summed E-state index contributed by atoms with van der Waals surface area (Å²) in [4.78, 5) is 18.3. The zero-order valence-corrected chi connectivity index (χ0v) is 15.9. The lowest BCUT2D eigenvalue weighted by Gasteiger charge is -2.24. The third kappa shape index (κ3) is 4.30. The molecule has 1 aliphatic heterocycles. The van der Waals surface area contributed by atoms with Crippen LogP contribution in [-0.2, 0) is 0 Å². The van der Waals surface area contributed by atoms with E-state index < -0.39 is 0 Å². The first-order chi connectivity index (χ1) is 12.6. The van der Waals surface area contributed by atoms with Crippen LogP contribution in [0, 0.1) is 0 Å². The largest absolute Gasteiger partial charge is 0.497 e. The summed E-state index contributed by atoms with van der Waals surface area (Å²) in [6.45, 7) is 5.21. The Labute approximate surface area is 154 Å². The van der Waals surface area contributed by atoms with Gasteiger partial charge in [0.2, 0.25) is 0 Å². The third-order valence-corrected chi connectivity index (χ3v) is 4.98. The molecule has 142 valence electrons. The lowest BCUT2D eigenvalue weighted by atomic mass is 10.2. The van der Waals surface area contributed by atoms with Crippen LogP contribution in [0.2, 0.25) is 0 Å². The number of methoxy groups -OCH3 is 2. The van der Waals surface area contributed by atoms with Gasteiger partial charge in [-0.2, -0.15) is 0 Å². The van der Waals surface area contributed by atoms with Gasteiger partial charge in [0.25, 0.3) is 5.91 Å². The SMILES string of the molecule is COc1cc(OC)c2cc(C(=O)NC(C)CN3CCCCCC3)[nH]c2c1. The average molecular weight is 359 g/mol. The van der Waals surface area contributed by atoms with Gasteiger partial charge in [-0.15, -0.1) is 0 Å². The van der Waals surface area contributed by atoms with Crippen molar-refractivity contribution in [2.45, 2.75) is 38.6 Å². The number of aromatic nitrogens is 1. The fourth-order valence-corrected chi connectivity index (χ4v) is 3.64. The minimum atomic E-state index is -0.0930. The molecule has 0 spiro atoms. The van der Waals surface area contributed by atoms with Crippen molar-refractivity contribution < 1.29 is 14.3 Å². The number of nitrogens with zero attached hydrogens (tertiary/aromatic N) is 1. The summed E-state index contributed by atoms with van der Waals surface area (Å²) in [5, 5.41) is 3.98. The standard InChI is InChI=1S/C20H29N3O3/c1-14(13-23-8-6-4-5-7-9-23)21-20(24)18-12-16-17(22-18)10-15(25-2)11-19(16)26-3/h10-12,14,22H,4-9,13H2,1-3H3,(H,21,24). The van der Waals surface area contributed by atoms with Crippen molar-refractivity contribution in [1.29, 1.82) is 0 Å². The maximum atomic E-state index is 12.7. The molecule has 2 aromatic rings. The topological polar surface area (TPSA) is 66.6 Å². The number of H-pyrrole nitrogens is 1. The maximum Gasteiger partial charge on any atom is 0.267 e. The summed E-state index contributed by atoms with van der Waals surface area (Å²) >= 11 is 0. The molecule has 3 rings (SSSR count). The first-order valence-corrected chi connectivity index (χ1v) is 9.38. The average Bonchev–Trinajstić information content (AvgIpc) is 2.91. The van der Waals surface area contributed by atoms with E-state index >= 15 is 0 Å². The number of amides is 1. The number of aromatic amines is 1. The van der Waals surface area contributed by atoms with Crippen LogP contribution in [-0.4, -0.2) is 55.7 Å². The molecule has 0 aliphatic carbocycles. The number of fused-ring (bicyclic) bond motifs is 1. The first-order valence-electron chi connectivity index (χ1n) is 9.38. The molecule has 0 saturated carbocycles. The molecule has 1 unspecified atom stereocenters. The Hall–Kier alpha value is -2.21. The molecule has 2 heterocycles. The molecular formula is C20H29N3O3. The number of benzene rings is 1. The van der Waals surface area contributed by atoms with Crippen LogP contribution in [0.5, 0.6) is 11.5 Å². The van der Waals surface area contributed by atoms with E-state index in [9.17, 15) is 4.79 Å². The lowest BCUT2D eigenvalue weighted by molar-refractivity contribution is 0.0925.